The molecule has 1 N–H and O–H groups in total. The molecular formula is C18H18FNO2S. The lowest BCUT2D eigenvalue weighted by Gasteiger charge is -2.25. The zero-order valence-corrected chi connectivity index (χ0v) is 13.7. The highest BCUT2D eigenvalue weighted by molar-refractivity contribution is 7.99. The minimum atomic E-state index is -0.447. The van der Waals surface area contributed by atoms with Crippen LogP contribution >= 0.6 is 11.8 Å². The Morgan fingerprint density at radius 3 is 2.96 bits per heavy atom. The Bertz CT molecular complexity index is 720. The van der Waals surface area contributed by atoms with E-state index in [2.05, 4.69) is 17.4 Å². The fourth-order valence-electron chi connectivity index (χ4n) is 2.74. The van der Waals surface area contributed by atoms with E-state index in [1.807, 2.05) is 23.9 Å². The van der Waals surface area contributed by atoms with Crippen LogP contribution in [0.1, 0.15) is 23.6 Å². The van der Waals surface area contributed by atoms with Crippen LogP contribution in [0.2, 0.25) is 0 Å². The summed E-state index contributed by atoms with van der Waals surface area (Å²) in [7, 11) is 1.42. The Kier molecular flexibility index (Phi) is 4.86. The van der Waals surface area contributed by atoms with Crippen molar-refractivity contribution in [2.24, 2.45) is 0 Å². The first-order valence-corrected chi connectivity index (χ1v) is 8.49. The summed E-state index contributed by atoms with van der Waals surface area (Å²) in [6.07, 6.45) is 1.07. The van der Waals surface area contributed by atoms with Crippen molar-refractivity contribution in [3.8, 4) is 5.75 Å². The van der Waals surface area contributed by atoms with Crippen molar-refractivity contribution in [2.75, 3.05) is 12.9 Å². The van der Waals surface area contributed by atoms with Crippen LogP contribution in [-0.4, -0.2) is 18.8 Å². The van der Waals surface area contributed by atoms with Crippen molar-refractivity contribution in [3.63, 3.8) is 0 Å². The highest BCUT2D eigenvalue weighted by Crippen LogP contribution is 2.35. The van der Waals surface area contributed by atoms with Crippen molar-refractivity contribution in [1.29, 1.82) is 0 Å². The van der Waals surface area contributed by atoms with Crippen LogP contribution in [-0.2, 0) is 11.2 Å². The zero-order valence-electron chi connectivity index (χ0n) is 12.8. The molecule has 23 heavy (non-hydrogen) atoms. The van der Waals surface area contributed by atoms with Crippen LogP contribution in [0.25, 0.3) is 0 Å². The Morgan fingerprint density at radius 2 is 2.17 bits per heavy atom. The molecule has 3 rings (SSSR count). The minimum Gasteiger partial charge on any atom is -0.494 e. The van der Waals surface area contributed by atoms with Gasteiger partial charge in [0.15, 0.2) is 11.6 Å². The van der Waals surface area contributed by atoms with E-state index in [-0.39, 0.29) is 24.1 Å². The smallest absolute Gasteiger partial charge is 0.224 e. The minimum absolute atomic E-state index is 0.0306. The maximum absolute atomic E-state index is 13.7. The predicted octanol–water partition coefficient (Wildman–Crippen LogP) is 3.73. The first kappa shape index (κ1) is 15.9. The van der Waals surface area contributed by atoms with E-state index in [9.17, 15) is 9.18 Å². The number of amides is 1. The van der Waals surface area contributed by atoms with Gasteiger partial charge >= 0.3 is 0 Å². The van der Waals surface area contributed by atoms with Gasteiger partial charge < -0.3 is 10.1 Å². The van der Waals surface area contributed by atoms with Crippen LogP contribution in [0, 0.1) is 5.82 Å². The van der Waals surface area contributed by atoms with E-state index in [4.69, 9.17) is 4.74 Å². The van der Waals surface area contributed by atoms with Crippen molar-refractivity contribution in [1.82, 2.24) is 5.32 Å². The van der Waals surface area contributed by atoms with Gasteiger partial charge in [-0.2, -0.15) is 0 Å². The second-order valence-electron chi connectivity index (χ2n) is 5.44. The molecule has 0 saturated carbocycles. The molecular weight excluding hydrogens is 313 g/mol. The molecule has 1 aliphatic heterocycles. The van der Waals surface area contributed by atoms with Gasteiger partial charge in [-0.05, 0) is 35.7 Å². The summed E-state index contributed by atoms with van der Waals surface area (Å²) in [5.74, 6) is 0.630. The molecule has 5 heteroatoms. The Labute approximate surface area is 139 Å². The van der Waals surface area contributed by atoms with Gasteiger partial charge in [0.05, 0.1) is 19.6 Å². The third kappa shape index (κ3) is 3.67. The van der Waals surface area contributed by atoms with Gasteiger partial charge in [0.2, 0.25) is 5.91 Å². The van der Waals surface area contributed by atoms with Crippen molar-refractivity contribution in [2.45, 2.75) is 23.8 Å². The average Bonchev–Trinajstić information content (AvgIpc) is 2.55. The van der Waals surface area contributed by atoms with E-state index in [1.54, 1.807) is 12.1 Å². The summed E-state index contributed by atoms with van der Waals surface area (Å²) in [6, 6.07) is 12.8. The first-order chi connectivity index (χ1) is 11.2. The topological polar surface area (TPSA) is 38.3 Å². The Hall–Kier alpha value is -2.01. The lowest BCUT2D eigenvalue weighted by Crippen LogP contribution is -2.31. The molecule has 1 unspecified atom stereocenters. The predicted molar refractivity (Wildman–Crippen MR) is 89.3 cm³/mol. The molecule has 3 nitrogen and oxygen atoms in total. The quantitative estimate of drug-likeness (QED) is 0.928. The largest absolute Gasteiger partial charge is 0.494 e. The number of carbonyl (C=O) groups is 1. The number of hydrogen-bond donors (Lipinski definition) is 1. The standard InChI is InChI=1S/C18H18FNO2S/c1-22-16-7-6-12(10-14(16)19)11-18(21)20-15-8-9-23-17-5-3-2-4-13(15)17/h2-7,10,15H,8-9,11H2,1H3,(H,20,21). The van der Waals surface area contributed by atoms with E-state index in [0.717, 1.165) is 17.7 Å². The van der Waals surface area contributed by atoms with Crippen molar-refractivity contribution < 1.29 is 13.9 Å². The summed E-state index contributed by atoms with van der Waals surface area (Å²) in [4.78, 5) is 13.5. The molecule has 1 amide bonds. The molecule has 0 radical (unpaired) electrons. The number of fused-ring (bicyclic) bond motifs is 1. The lowest BCUT2D eigenvalue weighted by atomic mass is 10.0. The fourth-order valence-corrected chi connectivity index (χ4v) is 3.87. The molecule has 0 spiro atoms. The summed E-state index contributed by atoms with van der Waals surface area (Å²) >= 11 is 1.81. The van der Waals surface area contributed by atoms with Gasteiger partial charge in [-0.15, -0.1) is 11.8 Å². The zero-order chi connectivity index (χ0) is 16.2. The van der Waals surface area contributed by atoms with Gasteiger partial charge in [-0.3, -0.25) is 4.79 Å². The summed E-state index contributed by atoms with van der Waals surface area (Å²) in [5, 5.41) is 3.07. The number of benzene rings is 2. The van der Waals surface area contributed by atoms with Crippen molar-refractivity contribution >= 4 is 17.7 Å². The second-order valence-corrected chi connectivity index (χ2v) is 6.58. The van der Waals surface area contributed by atoms with Crippen molar-refractivity contribution in [3.05, 3.63) is 59.4 Å². The molecule has 0 aliphatic carbocycles. The Morgan fingerprint density at radius 1 is 1.35 bits per heavy atom. The van der Waals surface area contributed by atoms with Crippen LogP contribution in [0.4, 0.5) is 4.39 Å². The van der Waals surface area contributed by atoms with Gasteiger partial charge in [-0.1, -0.05) is 24.3 Å². The van der Waals surface area contributed by atoms with E-state index < -0.39 is 5.82 Å². The number of rotatable bonds is 4. The van der Waals surface area contributed by atoms with Crippen LogP contribution in [0.15, 0.2) is 47.4 Å². The summed E-state index contributed by atoms with van der Waals surface area (Å²) in [5.41, 5.74) is 1.80. The molecule has 0 saturated heterocycles. The molecule has 2 aromatic rings. The highest BCUT2D eigenvalue weighted by atomic mass is 32.2. The van der Waals surface area contributed by atoms with Gasteiger partial charge in [0, 0.05) is 10.6 Å². The SMILES string of the molecule is COc1ccc(CC(=O)NC2CCSc3ccccc32)cc1F. The number of methoxy groups -OCH3 is 1. The number of thioether (sulfide) groups is 1. The number of ether oxygens (including phenoxy) is 1. The first-order valence-electron chi connectivity index (χ1n) is 7.51. The fraction of sp³-hybridized carbons (Fsp3) is 0.278. The lowest BCUT2D eigenvalue weighted by molar-refractivity contribution is -0.121. The normalized spacial score (nSPS) is 16.5. The average molecular weight is 331 g/mol. The second kappa shape index (κ2) is 7.04. The number of nitrogens with one attached hydrogen (secondary N) is 1. The molecule has 1 aliphatic rings. The molecule has 0 aromatic heterocycles. The number of carbonyl (C=O) groups excluding carboxylic acids is 1. The van der Waals surface area contributed by atoms with E-state index in [1.165, 1.54) is 18.1 Å². The van der Waals surface area contributed by atoms with Gasteiger partial charge in [0.1, 0.15) is 0 Å². The molecule has 2 aromatic carbocycles. The maximum Gasteiger partial charge on any atom is 0.224 e. The highest BCUT2D eigenvalue weighted by Gasteiger charge is 2.22. The van der Waals surface area contributed by atoms with Crippen LogP contribution in [0.3, 0.4) is 0 Å². The number of hydrogen-bond acceptors (Lipinski definition) is 3. The van der Waals surface area contributed by atoms with Gasteiger partial charge in [0.25, 0.3) is 0 Å². The molecule has 0 fully saturated rings. The summed E-state index contributed by atoms with van der Waals surface area (Å²) in [6.45, 7) is 0. The Balaban J connectivity index is 1.67. The third-order valence-electron chi connectivity index (χ3n) is 3.87. The number of halogens is 1. The molecule has 1 atom stereocenters. The molecule has 1 heterocycles. The molecule has 120 valence electrons. The third-order valence-corrected chi connectivity index (χ3v) is 5.00. The van der Waals surface area contributed by atoms with E-state index >= 15 is 0 Å². The summed E-state index contributed by atoms with van der Waals surface area (Å²) < 4.78 is 18.6. The maximum atomic E-state index is 13.7. The monoisotopic (exact) mass is 331 g/mol. The molecule has 0 bridgehead atoms. The van der Waals surface area contributed by atoms with E-state index in [0.29, 0.717) is 5.56 Å². The van der Waals surface area contributed by atoms with Gasteiger partial charge in [-0.25, -0.2) is 4.39 Å². The van der Waals surface area contributed by atoms with Crippen LogP contribution < -0.4 is 10.1 Å². The van der Waals surface area contributed by atoms with Crippen LogP contribution in [0.5, 0.6) is 5.75 Å².